The molecule has 0 fully saturated rings. The Balaban J connectivity index is 4.17. The molecular formula is C13H30N2. The molecule has 0 spiro atoms. The van der Waals surface area contributed by atoms with Gasteiger partial charge in [-0.25, -0.2) is 0 Å². The van der Waals surface area contributed by atoms with E-state index in [2.05, 4.69) is 51.9 Å². The molecule has 0 aromatic rings. The number of rotatable bonds is 8. The Kier molecular flexibility index (Phi) is 7.20. The highest BCUT2D eigenvalue weighted by Crippen LogP contribution is 2.23. The first-order valence-electron chi connectivity index (χ1n) is 6.35. The fourth-order valence-electron chi connectivity index (χ4n) is 2.04. The first kappa shape index (κ1) is 14.9. The molecule has 92 valence electrons. The number of hydrogen-bond donors (Lipinski definition) is 1. The van der Waals surface area contributed by atoms with Crippen LogP contribution in [0.15, 0.2) is 0 Å². The van der Waals surface area contributed by atoms with Crippen LogP contribution in [0, 0.1) is 5.41 Å². The van der Waals surface area contributed by atoms with Crippen LogP contribution in [-0.2, 0) is 0 Å². The lowest BCUT2D eigenvalue weighted by molar-refractivity contribution is 0.175. The minimum absolute atomic E-state index is 0.420. The van der Waals surface area contributed by atoms with E-state index in [4.69, 9.17) is 0 Å². The summed E-state index contributed by atoms with van der Waals surface area (Å²) in [4.78, 5) is 2.41. The molecule has 0 radical (unpaired) electrons. The molecule has 1 unspecified atom stereocenters. The maximum absolute atomic E-state index is 3.57. The van der Waals surface area contributed by atoms with Gasteiger partial charge in [0, 0.05) is 19.1 Å². The zero-order valence-corrected chi connectivity index (χ0v) is 11.6. The van der Waals surface area contributed by atoms with Crippen LogP contribution in [0.2, 0.25) is 0 Å². The Morgan fingerprint density at radius 3 is 2.27 bits per heavy atom. The molecule has 0 bridgehead atoms. The Morgan fingerprint density at radius 1 is 1.27 bits per heavy atom. The standard InChI is InChI=1S/C13H30N2/c1-7-9-13(5,10-14-12(3)4)11-15(6)8-2/h12,14H,7-11H2,1-6H3. The van der Waals surface area contributed by atoms with Crippen LogP contribution in [0.5, 0.6) is 0 Å². The van der Waals surface area contributed by atoms with Crippen molar-refractivity contribution in [2.24, 2.45) is 5.41 Å². The molecule has 2 heteroatoms. The van der Waals surface area contributed by atoms with Gasteiger partial charge >= 0.3 is 0 Å². The van der Waals surface area contributed by atoms with Crippen LogP contribution >= 0.6 is 0 Å². The Morgan fingerprint density at radius 2 is 1.87 bits per heavy atom. The van der Waals surface area contributed by atoms with Gasteiger partial charge in [-0.3, -0.25) is 0 Å². The second kappa shape index (κ2) is 7.24. The molecule has 0 aromatic heterocycles. The SMILES string of the molecule is CCCC(C)(CNC(C)C)CN(C)CC. The second-order valence-electron chi connectivity index (χ2n) is 5.43. The molecule has 0 aliphatic rings. The highest BCUT2D eigenvalue weighted by Gasteiger charge is 2.24. The first-order valence-corrected chi connectivity index (χ1v) is 6.35. The summed E-state index contributed by atoms with van der Waals surface area (Å²) in [7, 11) is 2.21. The lowest BCUT2D eigenvalue weighted by Gasteiger charge is -2.34. The maximum atomic E-state index is 3.57. The summed E-state index contributed by atoms with van der Waals surface area (Å²) in [5, 5.41) is 3.57. The van der Waals surface area contributed by atoms with Crippen molar-refractivity contribution < 1.29 is 0 Å². The molecule has 1 N–H and O–H groups in total. The quantitative estimate of drug-likeness (QED) is 0.668. The van der Waals surface area contributed by atoms with Crippen molar-refractivity contribution in [1.82, 2.24) is 10.2 Å². The van der Waals surface area contributed by atoms with Crippen molar-refractivity contribution in [2.45, 2.75) is 53.5 Å². The van der Waals surface area contributed by atoms with Gasteiger partial charge in [0.05, 0.1) is 0 Å². The molecule has 0 heterocycles. The molecule has 0 aliphatic heterocycles. The monoisotopic (exact) mass is 214 g/mol. The topological polar surface area (TPSA) is 15.3 Å². The van der Waals surface area contributed by atoms with Crippen molar-refractivity contribution in [3.63, 3.8) is 0 Å². The Bertz CT molecular complexity index is 157. The van der Waals surface area contributed by atoms with Crippen LogP contribution in [0.25, 0.3) is 0 Å². The van der Waals surface area contributed by atoms with Gasteiger partial charge in [-0.05, 0) is 25.4 Å². The van der Waals surface area contributed by atoms with E-state index in [-0.39, 0.29) is 0 Å². The summed E-state index contributed by atoms with van der Waals surface area (Å²) >= 11 is 0. The molecule has 0 saturated heterocycles. The Labute approximate surface area is 96.4 Å². The average Bonchev–Trinajstić information content (AvgIpc) is 2.15. The van der Waals surface area contributed by atoms with Gasteiger partial charge in [-0.15, -0.1) is 0 Å². The average molecular weight is 214 g/mol. The van der Waals surface area contributed by atoms with Crippen molar-refractivity contribution in [3.05, 3.63) is 0 Å². The number of nitrogens with one attached hydrogen (secondary N) is 1. The highest BCUT2D eigenvalue weighted by atomic mass is 15.1. The zero-order chi connectivity index (χ0) is 11.9. The summed E-state index contributed by atoms with van der Waals surface area (Å²) in [6.45, 7) is 14.8. The van der Waals surface area contributed by atoms with Crippen LogP contribution in [0.4, 0.5) is 0 Å². The van der Waals surface area contributed by atoms with Crippen molar-refractivity contribution in [1.29, 1.82) is 0 Å². The van der Waals surface area contributed by atoms with Crippen LogP contribution < -0.4 is 5.32 Å². The van der Waals surface area contributed by atoms with E-state index in [0.717, 1.165) is 13.1 Å². The molecule has 0 aromatic carbocycles. The molecule has 15 heavy (non-hydrogen) atoms. The van der Waals surface area contributed by atoms with Crippen LogP contribution in [0.1, 0.15) is 47.5 Å². The number of nitrogens with zero attached hydrogens (tertiary/aromatic N) is 1. The van der Waals surface area contributed by atoms with Crippen molar-refractivity contribution >= 4 is 0 Å². The molecule has 0 amide bonds. The fraction of sp³-hybridized carbons (Fsp3) is 1.00. The van der Waals surface area contributed by atoms with Gasteiger partial charge in [-0.1, -0.05) is 41.0 Å². The van der Waals surface area contributed by atoms with Crippen molar-refractivity contribution in [3.8, 4) is 0 Å². The van der Waals surface area contributed by atoms with Gasteiger partial charge in [0.25, 0.3) is 0 Å². The highest BCUT2D eigenvalue weighted by molar-refractivity contribution is 4.80. The molecule has 0 saturated carbocycles. The third-order valence-corrected chi connectivity index (χ3v) is 2.98. The van der Waals surface area contributed by atoms with Gasteiger partial charge in [0.1, 0.15) is 0 Å². The first-order chi connectivity index (χ1) is 6.93. The lowest BCUT2D eigenvalue weighted by atomic mass is 9.84. The molecular weight excluding hydrogens is 184 g/mol. The van der Waals surface area contributed by atoms with Gasteiger partial charge < -0.3 is 10.2 Å². The maximum Gasteiger partial charge on any atom is 0.00443 e. The normalized spacial score (nSPS) is 16.0. The summed E-state index contributed by atoms with van der Waals surface area (Å²) in [6, 6.07) is 0.591. The van der Waals surface area contributed by atoms with Crippen molar-refractivity contribution in [2.75, 3.05) is 26.7 Å². The van der Waals surface area contributed by atoms with E-state index in [0.29, 0.717) is 11.5 Å². The van der Waals surface area contributed by atoms with E-state index in [1.54, 1.807) is 0 Å². The summed E-state index contributed by atoms with van der Waals surface area (Å²) in [6.07, 6.45) is 2.57. The summed E-state index contributed by atoms with van der Waals surface area (Å²) < 4.78 is 0. The minimum atomic E-state index is 0.420. The predicted molar refractivity (Wildman–Crippen MR) is 69.3 cm³/mol. The predicted octanol–water partition coefficient (Wildman–Crippen LogP) is 2.74. The van der Waals surface area contributed by atoms with Crippen LogP contribution in [-0.4, -0.2) is 37.6 Å². The number of hydrogen-bond acceptors (Lipinski definition) is 2. The van der Waals surface area contributed by atoms with E-state index in [1.165, 1.54) is 19.4 Å². The largest absolute Gasteiger partial charge is 0.314 e. The second-order valence-corrected chi connectivity index (χ2v) is 5.43. The summed E-state index contributed by atoms with van der Waals surface area (Å²) in [5.74, 6) is 0. The third-order valence-electron chi connectivity index (χ3n) is 2.98. The van der Waals surface area contributed by atoms with Crippen LogP contribution in [0.3, 0.4) is 0 Å². The zero-order valence-electron chi connectivity index (χ0n) is 11.6. The smallest absolute Gasteiger partial charge is 0.00443 e. The van der Waals surface area contributed by atoms with E-state index >= 15 is 0 Å². The molecule has 0 rings (SSSR count). The minimum Gasteiger partial charge on any atom is -0.314 e. The van der Waals surface area contributed by atoms with Gasteiger partial charge in [0.2, 0.25) is 0 Å². The lowest BCUT2D eigenvalue weighted by Crippen LogP contribution is -2.42. The molecule has 1 atom stereocenters. The molecule has 0 aliphatic carbocycles. The van der Waals surface area contributed by atoms with E-state index in [1.807, 2.05) is 0 Å². The fourth-order valence-corrected chi connectivity index (χ4v) is 2.04. The van der Waals surface area contributed by atoms with E-state index in [9.17, 15) is 0 Å². The van der Waals surface area contributed by atoms with Gasteiger partial charge in [-0.2, -0.15) is 0 Å². The van der Waals surface area contributed by atoms with Gasteiger partial charge in [0.15, 0.2) is 0 Å². The Hall–Kier alpha value is -0.0800. The van der Waals surface area contributed by atoms with E-state index < -0.39 is 0 Å². The summed E-state index contributed by atoms with van der Waals surface area (Å²) in [5.41, 5.74) is 0.420. The molecule has 2 nitrogen and oxygen atoms in total. The third kappa shape index (κ3) is 6.91.